The number of carboxylic acid groups (broad SMARTS) is 1. The second kappa shape index (κ2) is 9.20. The molecule has 38 heavy (non-hydrogen) atoms. The number of carboxylic acids is 1. The molecule has 0 spiro atoms. The van der Waals surface area contributed by atoms with Crippen molar-refractivity contribution in [2.45, 2.75) is 152 Å². The number of rotatable bonds is 2. The van der Waals surface area contributed by atoms with Crippen molar-refractivity contribution in [1.29, 1.82) is 0 Å². The van der Waals surface area contributed by atoms with Gasteiger partial charge in [0.1, 0.15) is 0 Å². The van der Waals surface area contributed by atoms with E-state index in [0.717, 1.165) is 64.2 Å². The molecule has 0 aromatic carbocycles. The molecule has 0 aromatic heterocycles. The molecule has 5 saturated carbocycles. The fraction of sp³-hybridized carbons (Fsp3) is 0.971. The summed E-state index contributed by atoms with van der Waals surface area (Å²) in [7, 11) is 0. The molecule has 5 rings (SSSR count). The number of aliphatic carboxylic acids is 1. The van der Waals surface area contributed by atoms with Crippen LogP contribution in [0.4, 0.5) is 0 Å². The molecular formula is C34H60O4. The summed E-state index contributed by atoms with van der Waals surface area (Å²) >= 11 is 0. The van der Waals surface area contributed by atoms with Crippen LogP contribution in [-0.2, 0) is 4.79 Å². The second-order valence-corrected chi connectivity index (χ2v) is 16.2. The van der Waals surface area contributed by atoms with Gasteiger partial charge in [-0.3, -0.25) is 4.79 Å². The van der Waals surface area contributed by atoms with E-state index in [1.807, 2.05) is 13.8 Å². The van der Waals surface area contributed by atoms with E-state index in [4.69, 9.17) is 0 Å². The van der Waals surface area contributed by atoms with Crippen LogP contribution < -0.4 is 0 Å². The molecule has 0 amide bonds. The number of hydrogen-bond donors (Lipinski definition) is 3. The molecule has 6 unspecified atom stereocenters. The van der Waals surface area contributed by atoms with Crippen LogP contribution in [0.5, 0.6) is 0 Å². The maximum atomic E-state index is 12.9. The van der Waals surface area contributed by atoms with Crippen LogP contribution in [0.2, 0.25) is 0 Å². The third kappa shape index (κ3) is 3.50. The summed E-state index contributed by atoms with van der Waals surface area (Å²) in [5.74, 6) is 0.652. The van der Waals surface area contributed by atoms with Crippen LogP contribution in [0, 0.1) is 55.7 Å². The average molecular weight is 533 g/mol. The molecule has 0 saturated heterocycles. The molecule has 11 atom stereocenters. The molecule has 0 radical (unpaired) electrons. The van der Waals surface area contributed by atoms with Crippen molar-refractivity contribution in [3.05, 3.63) is 0 Å². The van der Waals surface area contributed by atoms with Crippen molar-refractivity contribution >= 4 is 5.97 Å². The van der Waals surface area contributed by atoms with E-state index in [1.54, 1.807) is 0 Å². The summed E-state index contributed by atoms with van der Waals surface area (Å²) in [4.78, 5) is 12.9. The van der Waals surface area contributed by atoms with Gasteiger partial charge in [-0.15, -0.1) is 0 Å². The van der Waals surface area contributed by atoms with E-state index in [2.05, 4.69) is 55.4 Å². The van der Waals surface area contributed by atoms with E-state index < -0.39 is 23.6 Å². The van der Waals surface area contributed by atoms with Crippen LogP contribution in [0.1, 0.15) is 140 Å². The second-order valence-electron chi connectivity index (χ2n) is 16.2. The predicted molar refractivity (Wildman–Crippen MR) is 155 cm³/mol. The number of aliphatic hydroxyl groups excluding tert-OH is 2. The Morgan fingerprint density at radius 1 is 0.737 bits per heavy atom. The van der Waals surface area contributed by atoms with Crippen LogP contribution in [0.15, 0.2) is 0 Å². The summed E-state index contributed by atoms with van der Waals surface area (Å²) in [5.41, 5.74) is -0.492. The zero-order chi connectivity index (χ0) is 28.7. The van der Waals surface area contributed by atoms with E-state index in [9.17, 15) is 20.1 Å². The molecule has 5 fully saturated rings. The first-order chi connectivity index (χ1) is 17.5. The lowest BCUT2D eigenvalue weighted by Crippen LogP contribution is -2.72. The summed E-state index contributed by atoms with van der Waals surface area (Å²) in [6.07, 6.45) is 9.38. The van der Waals surface area contributed by atoms with Gasteiger partial charge in [0, 0.05) is 5.41 Å². The molecule has 0 aliphatic heterocycles. The fourth-order valence-corrected chi connectivity index (χ4v) is 12.1. The Morgan fingerprint density at radius 2 is 1.32 bits per heavy atom. The van der Waals surface area contributed by atoms with E-state index in [-0.39, 0.29) is 38.4 Å². The Morgan fingerprint density at radius 3 is 1.89 bits per heavy atom. The highest BCUT2D eigenvalue weighted by Gasteiger charge is 2.74. The molecule has 0 aromatic rings. The smallest absolute Gasteiger partial charge is 0.309 e. The minimum Gasteiger partial charge on any atom is -0.481 e. The standard InChI is InChI=1S/C32H54O4.C2H6/c1-9-27(4)24(34)22(33)19-30(7)23-11-10-20-21-18-26(2,3)12-16-32(21,25(35)36)17-14-28(20,5)29(23,6)13-15-31(27,30)8;1-2/h20-24,33-34H,9-19H2,1-8H3,(H,35,36);1-2H3/t20?,21?,22-,23?,24?,27+,28-,29-,30?,31+,32?;/m1./s1. The highest BCUT2D eigenvalue weighted by atomic mass is 16.4. The van der Waals surface area contributed by atoms with E-state index in [1.165, 1.54) is 0 Å². The summed E-state index contributed by atoms with van der Waals surface area (Å²) in [5, 5.41) is 33.1. The summed E-state index contributed by atoms with van der Waals surface area (Å²) < 4.78 is 0. The average Bonchev–Trinajstić information content (AvgIpc) is 2.86. The maximum Gasteiger partial charge on any atom is 0.309 e. The van der Waals surface area contributed by atoms with Gasteiger partial charge >= 0.3 is 5.97 Å². The van der Waals surface area contributed by atoms with Crippen molar-refractivity contribution < 1.29 is 20.1 Å². The van der Waals surface area contributed by atoms with Crippen molar-refractivity contribution in [2.75, 3.05) is 0 Å². The van der Waals surface area contributed by atoms with Crippen molar-refractivity contribution in [3.8, 4) is 0 Å². The monoisotopic (exact) mass is 532 g/mol. The van der Waals surface area contributed by atoms with Gasteiger partial charge < -0.3 is 15.3 Å². The Hall–Kier alpha value is -0.610. The number of fused-ring (bicyclic) bond motifs is 7. The van der Waals surface area contributed by atoms with Crippen molar-refractivity contribution in [1.82, 2.24) is 0 Å². The predicted octanol–water partition coefficient (Wildman–Crippen LogP) is 8.09. The zero-order valence-corrected chi connectivity index (χ0v) is 26.4. The van der Waals surface area contributed by atoms with E-state index >= 15 is 0 Å². The van der Waals surface area contributed by atoms with Crippen molar-refractivity contribution in [2.24, 2.45) is 55.7 Å². The molecule has 4 nitrogen and oxygen atoms in total. The quantitative estimate of drug-likeness (QED) is 0.336. The molecular weight excluding hydrogens is 472 g/mol. The largest absolute Gasteiger partial charge is 0.481 e. The SMILES string of the molecule is CC.CC[C@@]1(C)C(O)[C@H](O)CC2(C)C3CCC4C5CC(C)(C)CCC5(C(=O)O)CC[C@@]4(C)[C@]3(C)CC[C@]21C. The normalized spacial score (nSPS) is 55.2. The van der Waals surface area contributed by atoms with Gasteiger partial charge in [-0.05, 0) is 115 Å². The molecule has 4 heteroatoms. The third-order valence-electron chi connectivity index (χ3n) is 15.2. The Bertz CT molecular complexity index is 929. The molecule has 0 heterocycles. The molecule has 0 bridgehead atoms. The van der Waals surface area contributed by atoms with Gasteiger partial charge in [-0.2, -0.15) is 0 Å². The Labute approximate surface area is 233 Å². The lowest BCUT2D eigenvalue weighted by atomic mass is 9.28. The van der Waals surface area contributed by atoms with Crippen LogP contribution in [0.3, 0.4) is 0 Å². The van der Waals surface area contributed by atoms with Gasteiger partial charge in [0.05, 0.1) is 17.6 Å². The van der Waals surface area contributed by atoms with E-state index in [0.29, 0.717) is 18.3 Å². The summed E-state index contributed by atoms with van der Waals surface area (Å²) in [6.45, 7) is 23.1. The molecule has 3 N–H and O–H groups in total. The minimum absolute atomic E-state index is 0.0346. The molecule has 5 aliphatic rings. The highest BCUT2D eigenvalue weighted by molar-refractivity contribution is 5.75. The minimum atomic E-state index is -0.675. The Kier molecular flexibility index (Phi) is 7.35. The fourth-order valence-electron chi connectivity index (χ4n) is 12.1. The van der Waals surface area contributed by atoms with Crippen LogP contribution in [-0.4, -0.2) is 33.5 Å². The van der Waals surface area contributed by atoms with Crippen molar-refractivity contribution in [3.63, 3.8) is 0 Å². The lowest BCUT2D eigenvalue weighted by Gasteiger charge is -2.76. The maximum absolute atomic E-state index is 12.9. The number of carbonyl (C=O) groups is 1. The first kappa shape index (κ1) is 30.4. The molecule has 220 valence electrons. The Balaban J connectivity index is 0.00000164. The first-order valence-electron chi connectivity index (χ1n) is 16.1. The van der Waals surface area contributed by atoms with Crippen LogP contribution >= 0.6 is 0 Å². The first-order valence-corrected chi connectivity index (χ1v) is 16.1. The highest BCUT2D eigenvalue weighted by Crippen LogP contribution is 2.80. The zero-order valence-electron chi connectivity index (χ0n) is 26.4. The molecule has 5 aliphatic carbocycles. The van der Waals surface area contributed by atoms with Gasteiger partial charge in [0.25, 0.3) is 0 Å². The third-order valence-corrected chi connectivity index (χ3v) is 15.2. The number of hydrogen-bond acceptors (Lipinski definition) is 3. The van der Waals surface area contributed by atoms with Gasteiger partial charge in [-0.1, -0.05) is 69.2 Å². The summed E-state index contributed by atoms with van der Waals surface area (Å²) in [6, 6.07) is 0. The lowest BCUT2D eigenvalue weighted by molar-refractivity contribution is -0.303. The van der Waals surface area contributed by atoms with Gasteiger partial charge in [0.2, 0.25) is 0 Å². The topological polar surface area (TPSA) is 77.8 Å². The number of aliphatic hydroxyl groups is 2. The van der Waals surface area contributed by atoms with Crippen LogP contribution in [0.25, 0.3) is 0 Å². The van der Waals surface area contributed by atoms with Gasteiger partial charge in [0.15, 0.2) is 0 Å². The van der Waals surface area contributed by atoms with Gasteiger partial charge in [-0.25, -0.2) is 0 Å².